The van der Waals surface area contributed by atoms with Gasteiger partial charge in [0.05, 0.1) is 0 Å². The van der Waals surface area contributed by atoms with Crippen LogP contribution in [0.2, 0.25) is 5.02 Å². The number of hydrogen-bond donors (Lipinski definition) is 2. The van der Waals surface area contributed by atoms with Crippen molar-refractivity contribution in [2.75, 3.05) is 6.26 Å². The summed E-state index contributed by atoms with van der Waals surface area (Å²) in [7, 11) is 0. The van der Waals surface area contributed by atoms with E-state index >= 15 is 0 Å². The van der Waals surface area contributed by atoms with Crippen molar-refractivity contribution in [2.24, 2.45) is 0 Å². The Morgan fingerprint density at radius 3 is 1.82 bits per heavy atom. The van der Waals surface area contributed by atoms with Crippen molar-refractivity contribution < 1.29 is 9.59 Å². The lowest BCUT2D eigenvalue weighted by atomic mass is 10.1. The number of nitrogens with one attached hydrogen (secondary N) is 2. The van der Waals surface area contributed by atoms with Gasteiger partial charge in [0.15, 0.2) is 0 Å². The standard InChI is InChI=1S/C16H15ClN2O2S/c1-22-10-11-2-4-12(5-3-11)15(20)18-19-16(21)13-6-8-14(17)9-7-13/h2-9H,10H2,1H3,(H,18,20)(H,19,21). The average molecular weight is 335 g/mol. The minimum Gasteiger partial charge on any atom is -0.267 e. The molecular weight excluding hydrogens is 320 g/mol. The fraction of sp³-hybridized carbons (Fsp3) is 0.125. The molecule has 0 saturated carbocycles. The highest BCUT2D eigenvalue weighted by Crippen LogP contribution is 2.11. The second-order valence-electron chi connectivity index (χ2n) is 4.55. The van der Waals surface area contributed by atoms with E-state index in [9.17, 15) is 9.59 Å². The molecule has 2 aromatic rings. The second-order valence-corrected chi connectivity index (χ2v) is 5.85. The predicted octanol–water partition coefficient (Wildman–Crippen LogP) is 3.28. The number of amides is 2. The zero-order valence-electron chi connectivity index (χ0n) is 11.9. The first-order chi connectivity index (χ1) is 10.6. The van der Waals surface area contributed by atoms with E-state index in [4.69, 9.17) is 11.6 Å². The van der Waals surface area contributed by atoms with Crippen molar-refractivity contribution >= 4 is 35.2 Å². The van der Waals surface area contributed by atoms with E-state index in [0.717, 1.165) is 11.3 Å². The Hall–Kier alpha value is -1.98. The van der Waals surface area contributed by atoms with Crippen LogP contribution in [0, 0.1) is 0 Å². The Morgan fingerprint density at radius 2 is 1.36 bits per heavy atom. The van der Waals surface area contributed by atoms with Crippen LogP contribution >= 0.6 is 23.4 Å². The van der Waals surface area contributed by atoms with Crippen molar-refractivity contribution in [3.8, 4) is 0 Å². The van der Waals surface area contributed by atoms with Gasteiger partial charge in [-0.25, -0.2) is 0 Å². The molecule has 0 aromatic heterocycles. The molecule has 0 aliphatic rings. The molecule has 2 aromatic carbocycles. The summed E-state index contributed by atoms with van der Waals surface area (Å²) in [5, 5.41) is 0.547. The second kappa shape index (κ2) is 7.87. The van der Waals surface area contributed by atoms with Crippen LogP contribution in [0.25, 0.3) is 0 Å². The van der Waals surface area contributed by atoms with Crippen LogP contribution in [0.3, 0.4) is 0 Å². The molecule has 0 unspecified atom stereocenters. The first kappa shape index (κ1) is 16.4. The van der Waals surface area contributed by atoms with Crippen LogP contribution in [-0.4, -0.2) is 18.1 Å². The molecule has 0 aliphatic heterocycles. The molecular formula is C16H15ClN2O2S. The van der Waals surface area contributed by atoms with Crippen molar-refractivity contribution in [1.82, 2.24) is 10.9 Å². The molecule has 0 bridgehead atoms. The van der Waals surface area contributed by atoms with Gasteiger partial charge < -0.3 is 0 Å². The molecule has 0 radical (unpaired) electrons. The number of carbonyl (C=O) groups excluding carboxylic acids is 2. The number of thioether (sulfide) groups is 1. The van der Waals surface area contributed by atoms with Gasteiger partial charge in [-0.15, -0.1) is 0 Å². The number of halogens is 1. The van der Waals surface area contributed by atoms with Gasteiger partial charge in [-0.2, -0.15) is 11.8 Å². The Balaban J connectivity index is 1.91. The van der Waals surface area contributed by atoms with Crippen LogP contribution < -0.4 is 10.9 Å². The third kappa shape index (κ3) is 4.51. The smallest absolute Gasteiger partial charge is 0.267 e. The molecule has 0 saturated heterocycles. The Kier molecular flexibility index (Phi) is 5.86. The fourth-order valence-corrected chi connectivity index (χ4v) is 2.43. The van der Waals surface area contributed by atoms with Gasteiger partial charge in [0.1, 0.15) is 0 Å². The molecule has 4 nitrogen and oxygen atoms in total. The first-order valence-corrected chi connectivity index (χ1v) is 8.31. The van der Waals surface area contributed by atoms with Crippen molar-refractivity contribution in [2.45, 2.75) is 5.75 Å². The first-order valence-electron chi connectivity index (χ1n) is 6.54. The van der Waals surface area contributed by atoms with Crippen molar-refractivity contribution in [3.05, 3.63) is 70.2 Å². The molecule has 22 heavy (non-hydrogen) atoms. The maximum absolute atomic E-state index is 12.0. The van der Waals surface area contributed by atoms with Gasteiger partial charge in [0.2, 0.25) is 0 Å². The number of rotatable bonds is 4. The summed E-state index contributed by atoms with van der Waals surface area (Å²) >= 11 is 7.47. The topological polar surface area (TPSA) is 58.2 Å². The summed E-state index contributed by atoms with van der Waals surface area (Å²) in [5.74, 6) is 0.136. The minimum atomic E-state index is -0.399. The highest BCUT2D eigenvalue weighted by atomic mass is 35.5. The summed E-state index contributed by atoms with van der Waals surface area (Å²) in [6.07, 6.45) is 2.02. The highest BCUT2D eigenvalue weighted by molar-refractivity contribution is 7.97. The van der Waals surface area contributed by atoms with Gasteiger partial charge in [-0.1, -0.05) is 23.7 Å². The van der Waals surface area contributed by atoms with E-state index in [1.54, 1.807) is 48.2 Å². The summed E-state index contributed by atoms with van der Waals surface area (Å²) in [6.45, 7) is 0. The van der Waals surface area contributed by atoms with E-state index < -0.39 is 5.91 Å². The maximum Gasteiger partial charge on any atom is 0.269 e. The van der Waals surface area contributed by atoms with Crippen LogP contribution in [0.15, 0.2) is 48.5 Å². The fourth-order valence-electron chi connectivity index (χ4n) is 1.78. The number of hydrogen-bond acceptors (Lipinski definition) is 3. The molecule has 0 heterocycles. The van der Waals surface area contributed by atoms with Crippen LogP contribution in [-0.2, 0) is 5.75 Å². The Morgan fingerprint density at radius 1 is 0.909 bits per heavy atom. The quantitative estimate of drug-likeness (QED) is 0.844. The molecule has 0 aliphatic carbocycles. The number of hydrazine groups is 1. The normalized spacial score (nSPS) is 10.1. The van der Waals surface area contributed by atoms with Gasteiger partial charge >= 0.3 is 0 Å². The van der Waals surface area contributed by atoms with Gasteiger partial charge in [-0.3, -0.25) is 20.4 Å². The lowest BCUT2D eigenvalue weighted by Crippen LogP contribution is -2.41. The van der Waals surface area contributed by atoms with Gasteiger partial charge in [0.25, 0.3) is 11.8 Å². The SMILES string of the molecule is CSCc1ccc(C(=O)NNC(=O)c2ccc(Cl)cc2)cc1. The Bertz CT molecular complexity index is 657. The summed E-state index contributed by atoms with van der Waals surface area (Å²) in [4.78, 5) is 23.8. The zero-order chi connectivity index (χ0) is 15.9. The van der Waals surface area contributed by atoms with E-state index in [-0.39, 0.29) is 5.91 Å². The molecule has 2 amide bonds. The van der Waals surface area contributed by atoms with E-state index in [1.165, 1.54) is 0 Å². The van der Waals surface area contributed by atoms with Crippen LogP contribution in [0.4, 0.5) is 0 Å². The molecule has 6 heteroatoms. The average Bonchev–Trinajstić information content (AvgIpc) is 2.54. The third-order valence-electron chi connectivity index (χ3n) is 2.92. The van der Waals surface area contributed by atoms with Crippen molar-refractivity contribution in [1.29, 1.82) is 0 Å². The predicted molar refractivity (Wildman–Crippen MR) is 90.0 cm³/mol. The summed E-state index contributed by atoms with van der Waals surface area (Å²) in [6, 6.07) is 13.6. The zero-order valence-corrected chi connectivity index (χ0v) is 13.5. The summed E-state index contributed by atoms with van der Waals surface area (Å²) < 4.78 is 0. The largest absolute Gasteiger partial charge is 0.269 e. The lowest BCUT2D eigenvalue weighted by molar-refractivity contribution is 0.0846. The monoisotopic (exact) mass is 334 g/mol. The molecule has 0 atom stereocenters. The maximum atomic E-state index is 12.0. The van der Waals surface area contributed by atoms with Crippen LogP contribution in [0.5, 0.6) is 0 Å². The molecule has 114 valence electrons. The van der Waals surface area contributed by atoms with E-state index in [2.05, 4.69) is 10.9 Å². The Labute approximate surface area is 138 Å². The minimum absolute atomic E-state index is 0.363. The van der Waals surface area contributed by atoms with Crippen LogP contribution in [0.1, 0.15) is 26.3 Å². The molecule has 0 fully saturated rings. The molecule has 2 N–H and O–H groups in total. The third-order valence-corrected chi connectivity index (χ3v) is 3.80. The molecule has 2 rings (SSSR count). The highest BCUT2D eigenvalue weighted by Gasteiger charge is 2.09. The summed E-state index contributed by atoms with van der Waals surface area (Å²) in [5.41, 5.74) is 6.81. The van der Waals surface area contributed by atoms with E-state index in [1.807, 2.05) is 18.4 Å². The number of benzene rings is 2. The number of carbonyl (C=O) groups is 2. The molecule has 0 spiro atoms. The van der Waals surface area contributed by atoms with Gasteiger partial charge in [-0.05, 0) is 48.2 Å². The van der Waals surface area contributed by atoms with Crippen molar-refractivity contribution in [3.63, 3.8) is 0 Å². The lowest BCUT2D eigenvalue weighted by Gasteiger charge is -2.08. The van der Waals surface area contributed by atoms with Gasteiger partial charge in [0, 0.05) is 21.9 Å². The van der Waals surface area contributed by atoms with E-state index in [0.29, 0.717) is 16.1 Å².